The lowest BCUT2D eigenvalue weighted by Crippen LogP contribution is -2.43. The molecule has 8 nitrogen and oxygen atoms in total. The fourth-order valence-electron chi connectivity index (χ4n) is 6.28. The van der Waals surface area contributed by atoms with Crippen LogP contribution in [0.15, 0.2) is 60.7 Å². The van der Waals surface area contributed by atoms with Crippen molar-refractivity contribution in [3.05, 3.63) is 66.2 Å². The van der Waals surface area contributed by atoms with Gasteiger partial charge >= 0.3 is 0 Å². The second-order valence-electron chi connectivity index (χ2n) is 11.1. The Bertz CT molecular complexity index is 1280. The van der Waals surface area contributed by atoms with Crippen LogP contribution in [-0.2, 0) is 20.0 Å². The van der Waals surface area contributed by atoms with E-state index in [9.17, 15) is 24.6 Å². The summed E-state index contributed by atoms with van der Waals surface area (Å²) in [6, 6.07) is 14.6. The van der Waals surface area contributed by atoms with Crippen LogP contribution >= 0.6 is 0 Å². The van der Waals surface area contributed by atoms with Gasteiger partial charge in [-0.2, -0.15) is 0 Å². The third kappa shape index (κ3) is 5.18. The van der Waals surface area contributed by atoms with Gasteiger partial charge in [0.1, 0.15) is 0 Å². The minimum absolute atomic E-state index is 0.0476. The predicted octanol–water partition coefficient (Wildman–Crippen LogP) is 4.42. The van der Waals surface area contributed by atoms with Crippen LogP contribution in [0.25, 0.3) is 0 Å². The fourth-order valence-corrected chi connectivity index (χ4v) is 6.28. The molecule has 0 unspecified atom stereocenters. The van der Waals surface area contributed by atoms with E-state index in [0.717, 1.165) is 38.5 Å². The number of hydrogen-bond acceptors (Lipinski definition) is 5. The summed E-state index contributed by atoms with van der Waals surface area (Å²) in [5.41, 5.74) is 0.490. The van der Waals surface area contributed by atoms with E-state index < -0.39 is 17.4 Å². The Kier molecular flexibility index (Phi) is 8.38. The molecule has 5 rings (SSSR count). The molecule has 0 aromatic heterocycles. The molecule has 0 saturated carbocycles. The molecular weight excluding hydrogens is 506 g/mol. The highest BCUT2D eigenvalue weighted by atomic mass is 16.3. The smallest absolute Gasteiger partial charge is 0.268 e. The SMILES string of the molecule is C[C@@H](/C=C/CC(=O)N1CCC[C@H]1CO)[C@]1(O)C(=O)N(c2ccccc2)c2ccc(N3CCCCCCC3=O)cc21. The van der Waals surface area contributed by atoms with Crippen LogP contribution in [0.5, 0.6) is 0 Å². The van der Waals surface area contributed by atoms with Gasteiger partial charge in [0.25, 0.3) is 5.91 Å². The Labute approximate surface area is 235 Å². The monoisotopic (exact) mass is 545 g/mol. The molecule has 3 aliphatic heterocycles. The van der Waals surface area contributed by atoms with E-state index in [2.05, 4.69) is 0 Å². The number of aliphatic hydroxyl groups excluding tert-OH is 1. The zero-order chi connectivity index (χ0) is 28.3. The molecule has 40 heavy (non-hydrogen) atoms. The summed E-state index contributed by atoms with van der Waals surface area (Å²) >= 11 is 0. The summed E-state index contributed by atoms with van der Waals surface area (Å²) in [5, 5.41) is 21.8. The Morgan fingerprint density at radius 3 is 2.58 bits per heavy atom. The minimum atomic E-state index is -1.88. The van der Waals surface area contributed by atoms with Gasteiger partial charge in [0.15, 0.2) is 5.60 Å². The summed E-state index contributed by atoms with van der Waals surface area (Å²) < 4.78 is 0. The Morgan fingerprint density at radius 2 is 1.80 bits per heavy atom. The number of aliphatic hydroxyl groups is 2. The van der Waals surface area contributed by atoms with Crippen molar-refractivity contribution in [3.8, 4) is 0 Å². The van der Waals surface area contributed by atoms with E-state index in [-0.39, 0.29) is 30.9 Å². The normalized spacial score (nSPS) is 24.4. The molecule has 2 fully saturated rings. The number of rotatable bonds is 7. The number of carbonyl (C=O) groups excluding carboxylic acids is 3. The Balaban J connectivity index is 1.47. The van der Waals surface area contributed by atoms with Gasteiger partial charge in [-0.1, -0.05) is 50.1 Å². The van der Waals surface area contributed by atoms with Crippen LogP contribution in [-0.4, -0.2) is 58.6 Å². The number of amides is 3. The zero-order valence-corrected chi connectivity index (χ0v) is 23.2. The highest BCUT2D eigenvalue weighted by molar-refractivity contribution is 6.12. The van der Waals surface area contributed by atoms with Crippen molar-refractivity contribution in [1.82, 2.24) is 4.90 Å². The van der Waals surface area contributed by atoms with E-state index in [1.54, 1.807) is 39.8 Å². The molecular formula is C32H39N3O5. The standard InChI is InChI=1S/C32H39N3O5/c1-23(11-9-16-30(38)34-20-10-14-26(34)22-36)32(40)27-21-25(33-19-8-3-2-7-15-29(33)37)17-18-28(27)35(31(32)39)24-12-5-4-6-13-24/h4-6,9,11-13,17-18,21,23,26,36,40H,2-3,7-8,10,14-16,19-20,22H2,1H3/b11-9+/t23-,26-,32+/m0/s1. The summed E-state index contributed by atoms with van der Waals surface area (Å²) in [4.78, 5) is 44.8. The van der Waals surface area contributed by atoms with Crippen molar-refractivity contribution >= 4 is 34.8 Å². The quantitative estimate of drug-likeness (QED) is 0.502. The van der Waals surface area contributed by atoms with E-state index >= 15 is 0 Å². The lowest BCUT2D eigenvalue weighted by atomic mass is 9.82. The van der Waals surface area contributed by atoms with E-state index in [1.807, 2.05) is 42.5 Å². The van der Waals surface area contributed by atoms with Crippen molar-refractivity contribution in [2.75, 3.05) is 29.5 Å². The number of anilines is 3. The molecule has 2 aromatic carbocycles. The van der Waals surface area contributed by atoms with Crippen molar-refractivity contribution in [1.29, 1.82) is 0 Å². The predicted molar refractivity (Wildman–Crippen MR) is 154 cm³/mol. The molecule has 3 heterocycles. The highest BCUT2D eigenvalue weighted by Crippen LogP contribution is 2.49. The molecule has 0 spiro atoms. The number of likely N-dealkylation sites (tertiary alicyclic amines) is 1. The van der Waals surface area contributed by atoms with E-state index in [4.69, 9.17) is 0 Å². The largest absolute Gasteiger partial charge is 0.394 e. The number of hydrogen-bond donors (Lipinski definition) is 2. The van der Waals surface area contributed by atoms with E-state index in [0.29, 0.717) is 42.1 Å². The number of fused-ring (bicyclic) bond motifs is 1. The molecule has 2 N–H and O–H groups in total. The molecule has 212 valence electrons. The first-order valence-corrected chi connectivity index (χ1v) is 14.5. The van der Waals surface area contributed by atoms with Crippen LogP contribution in [0.3, 0.4) is 0 Å². The lowest BCUT2D eigenvalue weighted by molar-refractivity contribution is -0.138. The van der Waals surface area contributed by atoms with Crippen LogP contribution < -0.4 is 9.80 Å². The van der Waals surface area contributed by atoms with Crippen LogP contribution in [0.2, 0.25) is 0 Å². The molecule has 0 bridgehead atoms. The van der Waals surface area contributed by atoms with Gasteiger partial charge < -0.3 is 20.0 Å². The average molecular weight is 546 g/mol. The molecule has 2 aromatic rings. The van der Waals surface area contributed by atoms with Gasteiger partial charge in [0.2, 0.25) is 11.8 Å². The molecule has 0 radical (unpaired) electrons. The number of benzene rings is 2. The van der Waals surface area contributed by atoms with Crippen molar-refractivity contribution in [3.63, 3.8) is 0 Å². The molecule has 8 heteroatoms. The average Bonchev–Trinajstić information content (AvgIpc) is 3.52. The molecule has 3 atom stereocenters. The molecule has 3 aliphatic rings. The Morgan fingerprint density at radius 1 is 1.02 bits per heavy atom. The minimum Gasteiger partial charge on any atom is -0.394 e. The van der Waals surface area contributed by atoms with Crippen molar-refractivity contribution < 1.29 is 24.6 Å². The number of carbonyl (C=O) groups is 3. The van der Waals surface area contributed by atoms with Gasteiger partial charge in [0.05, 0.1) is 18.3 Å². The van der Waals surface area contributed by atoms with Crippen molar-refractivity contribution in [2.24, 2.45) is 5.92 Å². The van der Waals surface area contributed by atoms with Gasteiger partial charge in [-0.25, -0.2) is 0 Å². The summed E-state index contributed by atoms with van der Waals surface area (Å²) in [5.74, 6) is -1.13. The molecule has 3 amide bonds. The van der Waals surface area contributed by atoms with Gasteiger partial charge in [0, 0.05) is 48.8 Å². The maximum Gasteiger partial charge on any atom is 0.268 e. The summed E-state index contributed by atoms with van der Waals surface area (Å²) in [7, 11) is 0. The van der Waals surface area contributed by atoms with Gasteiger partial charge in [-0.05, 0) is 56.0 Å². The maximum absolute atomic E-state index is 14.0. The Hall–Kier alpha value is -3.49. The first-order chi connectivity index (χ1) is 19.4. The highest BCUT2D eigenvalue weighted by Gasteiger charge is 2.53. The second-order valence-corrected chi connectivity index (χ2v) is 11.1. The van der Waals surface area contributed by atoms with Gasteiger partial charge in [-0.15, -0.1) is 0 Å². The first kappa shape index (κ1) is 28.1. The van der Waals surface area contributed by atoms with Crippen molar-refractivity contribution in [2.45, 2.75) is 69.9 Å². The maximum atomic E-state index is 14.0. The fraction of sp³-hybridized carbons (Fsp3) is 0.469. The summed E-state index contributed by atoms with van der Waals surface area (Å²) in [6.45, 7) is 2.97. The van der Waals surface area contributed by atoms with E-state index in [1.165, 1.54) is 0 Å². The second kappa shape index (κ2) is 11.9. The van der Waals surface area contributed by atoms with Crippen LogP contribution in [0.4, 0.5) is 17.1 Å². The third-order valence-corrected chi connectivity index (χ3v) is 8.59. The lowest BCUT2D eigenvalue weighted by Gasteiger charge is -2.29. The molecule has 2 saturated heterocycles. The number of para-hydroxylation sites is 1. The molecule has 0 aliphatic carbocycles. The third-order valence-electron chi connectivity index (χ3n) is 8.59. The van der Waals surface area contributed by atoms with Crippen LogP contribution in [0, 0.1) is 5.92 Å². The van der Waals surface area contributed by atoms with Crippen LogP contribution in [0.1, 0.15) is 63.9 Å². The van der Waals surface area contributed by atoms with Gasteiger partial charge in [-0.3, -0.25) is 19.3 Å². The zero-order valence-electron chi connectivity index (χ0n) is 23.2. The topological polar surface area (TPSA) is 101 Å². The number of nitrogens with zero attached hydrogens (tertiary/aromatic N) is 3. The summed E-state index contributed by atoms with van der Waals surface area (Å²) in [6.07, 6.45) is 9.60. The first-order valence-electron chi connectivity index (χ1n) is 14.5.